The molecule has 0 bridgehead atoms. The number of nitrogens with zero attached hydrogens (tertiary/aromatic N) is 2. The zero-order valence-electron chi connectivity index (χ0n) is 19.3. The van der Waals surface area contributed by atoms with Crippen LogP contribution in [0.15, 0.2) is 27.8 Å². The summed E-state index contributed by atoms with van der Waals surface area (Å²) in [6, 6.07) is 4.32. The van der Waals surface area contributed by atoms with E-state index in [2.05, 4.69) is 0 Å². The van der Waals surface area contributed by atoms with Crippen LogP contribution >= 0.6 is 0 Å². The van der Waals surface area contributed by atoms with E-state index >= 15 is 0 Å². The van der Waals surface area contributed by atoms with Crippen LogP contribution in [-0.4, -0.2) is 25.3 Å². The molecule has 4 heterocycles. The van der Waals surface area contributed by atoms with Gasteiger partial charge in [-0.05, 0) is 37.5 Å². The van der Waals surface area contributed by atoms with Gasteiger partial charge in [-0.1, -0.05) is 19.8 Å². The highest BCUT2D eigenvalue weighted by atomic mass is 19.1. The second-order valence-corrected chi connectivity index (χ2v) is 9.68. The highest BCUT2D eigenvalue weighted by Crippen LogP contribution is 2.41. The lowest BCUT2D eigenvalue weighted by Crippen LogP contribution is -2.44. The molecule has 0 amide bonds. The van der Waals surface area contributed by atoms with Gasteiger partial charge >= 0.3 is 5.97 Å². The van der Waals surface area contributed by atoms with Gasteiger partial charge in [-0.2, -0.15) is 0 Å². The summed E-state index contributed by atoms with van der Waals surface area (Å²) in [5.74, 6) is -1.49. The number of carbonyl (C=O) groups is 1. The van der Waals surface area contributed by atoms with Gasteiger partial charge in [0.1, 0.15) is 12.4 Å². The number of benzene rings is 1. The molecule has 0 spiro atoms. The molecule has 1 aliphatic carbocycles. The highest BCUT2D eigenvalue weighted by Gasteiger charge is 2.45. The van der Waals surface area contributed by atoms with Crippen LogP contribution in [0, 0.1) is 5.82 Å². The maximum absolute atomic E-state index is 14.7. The molecule has 1 saturated carbocycles. The number of esters is 1. The minimum absolute atomic E-state index is 0.00770. The average Bonchev–Trinajstić information content (AvgIpc) is 3.51. The van der Waals surface area contributed by atoms with E-state index in [0.29, 0.717) is 16.9 Å². The number of ether oxygens (including phenoxy) is 1. The van der Waals surface area contributed by atoms with Gasteiger partial charge in [-0.25, -0.2) is 9.18 Å². The predicted octanol–water partition coefficient (Wildman–Crippen LogP) is 2.59. The van der Waals surface area contributed by atoms with Crippen molar-refractivity contribution >= 4 is 16.9 Å². The molecule has 1 aromatic carbocycles. The van der Waals surface area contributed by atoms with Crippen molar-refractivity contribution in [3.63, 3.8) is 0 Å². The third-order valence-corrected chi connectivity index (χ3v) is 7.94. The number of pyridine rings is 2. The topological polar surface area (TPSA) is 111 Å². The lowest BCUT2D eigenvalue weighted by atomic mass is 9.85. The number of fused-ring (bicyclic) bond motifs is 5. The maximum Gasteiger partial charge on any atom is 0.343 e. The molecular weight excluding hydrogens is 455 g/mol. The average molecular weight is 480 g/mol. The number of cyclic esters (lactones) is 1. The minimum atomic E-state index is -1.98. The summed E-state index contributed by atoms with van der Waals surface area (Å²) >= 11 is 0. The van der Waals surface area contributed by atoms with E-state index in [-0.39, 0.29) is 53.3 Å². The van der Waals surface area contributed by atoms with E-state index in [0.717, 1.165) is 31.7 Å². The molecule has 0 unspecified atom stereocenters. The highest BCUT2D eigenvalue weighted by molar-refractivity contribution is 5.88. The Morgan fingerprint density at radius 2 is 1.91 bits per heavy atom. The first-order valence-corrected chi connectivity index (χ1v) is 12.0. The third kappa shape index (κ3) is 2.88. The van der Waals surface area contributed by atoms with Gasteiger partial charge in [-0.3, -0.25) is 9.59 Å². The van der Waals surface area contributed by atoms with Crippen LogP contribution in [0.25, 0.3) is 22.2 Å². The zero-order chi connectivity index (χ0) is 24.6. The lowest BCUT2D eigenvalue weighted by Gasteiger charge is -2.31. The molecule has 1 atom stereocenters. The van der Waals surface area contributed by atoms with Crippen LogP contribution in [0.5, 0.6) is 0 Å². The van der Waals surface area contributed by atoms with Gasteiger partial charge in [0.05, 0.1) is 41.2 Å². The first-order valence-electron chi connectivity index (χ1n) is 12.0. The molecule has 2 N–H and O–H groups in total. The molecule has 2 aromatic heterocycles. The summed E-state index contributed by atoms with van der Waals surface area (Å²) < 4.78 is 23.3. The largest absolute Gasteiger partial charge is 0.458 e. The summed E-state index contributed by atoms with van der Waals surface area (Å²) in [6.45, 7) is 1.03. The fraction of sp³-hybridized carbons (Fsp3) is 0.423. The number of aliphatic hydroxyl groups excluding tert-OH is 1. The Labute approximate surface area is 199 Å². The van der Waals surface area contributed by atoms with Gasteiger partial charge in [0.15, 0.2) is 11.0 Å². The Morgan fingerprint density at radius 3 is 2.60 bits per heavy atom. The normalized spacial score (nSPS) is 21.2. The summed E-state index contributed by atoms with van der Waals surface area (Å²) in [5.41, 5.74) is -0.555. The fourth-order valence-electron chi connectivity index (χ4n) is 6.05. The zero-order valence-corrected chi connectivity index (χ0v) is 19.3. The van der Waals surface area contributed by atoms with Gasteiger partial charge < -0.3 is 24.1 Å². The van der Waals surface area contributed by atoms with Crippen molar-refractivity contribution in [2.75, 3.05) is 0 Å². The van der Waals surface area contributed by atoms with E-state index in [1.165, 1.54) is 10.6 Å². The van der Waals surface area contributed by atoms with E-state index in [4.69, 9.17) is 4.74 Å². The van der Waals surface area contributed by atoms with Gasteiger partial charge in [-0.15, -0.1) is 0 Å². The molecule has 6 rings (SSSR count). The second-order valence-electron chi connectivity index (χ2n) is 9.68. The smallest absolute Gasteiger partial charge is 0.343 e. The van der Waals surface area contributed by atoms with Crippen molar-refractivity contribution in [3.8, 4) is 11.3 Å². The van der Waals surface area contributed by atoms with E-state index < -0.39 is 35.0 Å². The number of aromatic nitrogens is 2. The van der Waals surface area contributed by atoms with E-state index in [1.807, 2.05) is 4.57 Å². The summed E-state index contributed by atoms with van der Waals surface area (Å²) in [4.78, 5) is 39.7. The maximum atomic E-state index is 14.7. The van der Waals surface area contributed by atoms with Crippen LogP contribution in [0.1, 0.15) is 67.5 Å². The molecule has 8 nitrogen and oxygen atoms in total. The van der Waals surface area contributed by atoms with Crippen LogP contribution < -0.4 is 11.0 Å². The Hall–Kier alpha value is -3.30. The van der Waals surface area contributed by atoms with Crippen LogP contribution in [0.4, 0.5) is 4.39 Å². The SMILES string of the molecule is CC[C@@]1(O)C(=O)OCc2c1cc1n(c2=O)Cc2c-1c(=O)c1cc(F)c(CO)cc1n2C1CCCC1. The Morgan fingerprint density at radius 1 is 1.17 bits per heavy atom. The Balaban J connectivity index is 1.71. The minimum Gasteiger partial charge on any atom is -0.458 e. The van der Waals surface area contributed by atoms with E-state index in [9.17, 15) is 29.0 Å². The van der Waals surface area contributed by atoms with Gasteiger partial charge in [0.25, 0.3) is 5.56 Å². The predicted molar refractivity (Wildman–Crippen MR) is 124 cm³/mol. The second kappa shape index (κ2) is 7.60. The number of carbonyl (C=O) groups excluding carboxylic acids is 1. The van der Waals surface area contributed by atoms with Crippen molar-refractivity contribution in [1.82, 2.24) is 9.13 Å². The first-order chi connectivity index (χ1) is 16.8. The van der Waals surface area contributed by atoms with Crippen molar-refractivity contribution in [3.05, 3.63) is 67.0 Å². The quantitative estimate of drug-likeness (QED) is 0.436. The first kappa shape index (κ1) is 22.2. The monoisotopic (exact) mass is 480 g/mol. The van der Waals surface area contributed by atoms with Crippen molar-refractivity contribution in [2.24, 2.45) is 0 Å². The number of hydrogen-bond acceptors (Lipinski definition) is 6. The molecule has 1 fully saturated rings. The number of halogens is 1. The van der Waals surface area contributed by atoms with Crippen LogP contribution in [-0.2, 0) is 34.9 Å². The Bertz CT molecular complexity index is 1550. The molecule has 2 aliphatic heterocycles. The van der Waals surface area contributed by atoms with Crippen molar-refractivity contribution in [2.45, 2.75) is 70.4 Å². The summed E-state index contributed by atoms with van der Waals surface area (Å²) in [7, 11) is 0. The summed E-state index contributed by atoms with van der Waals surface area (Å²) in [6.07, 6.45) is 3.82. The Kier molecular flexibility index (Phi) is 4.82. The van der Waals surface area contributed by atoms with Gasteiger partial charge in [0, 0.05) is 22.6 Å². The van der Waals surface area contributed by atoms with Gasteiger partial charge in [0.2, 0.25) is 0 Å². The lowest BCUT2D eigenvalue weighted by molar-refractivity contribution is -0.172. The number of aliphatic hydroxyl groups is 2. The number of hydrogen-bond donors (Lipinski definition) is 2. The van der Waals surface area contributed by atoms with Crippen molar-refractivity contribution in [1.29, 1.82) is 0 Å². The molecule has 182 valence electrons. The van der Waals surface area contributed by atoms with E-state index in [1.54, 1.807) is 13.0 Å². The summed E-state index contributed by atoms with van der Waals surface area (Å²) in [5, 5.41) is 20.9. The van der Waals surface area contributed by atoms with Crippen molar-refractivity contribution < 1.29 is 24.1 Å². The molecule has 35 heavy (non-hydrogen) atoms. The molecule has 0 saturated heterocycles. The third-order valence-electron chi connectivity index (χ3n) is 7.94. The molecule has 9 heteroatoms. The molecule has 0 radical (unpaired) electrons. The standard InChI is InChI=1S/C26H25FN2O6/c1-2-26(34)17-9-20-22-21(10-28(20)24(32)16(17)12-35-25(26)33)29(14-5-3-4-6-14)19-7-13(11-30)18(27)8-15(19)23(22)31/h7-9,14,30,34H,2-6,10-12H2,1H3/t26-/m0/s1. The number of rotatable bonds is 3. The van der Waals surface area contributed by atoms with Crippen LogP contribution in [0.3, 0.4) is 0 Å². The molecule has 3 aliphatic rings. The molecular formula is C26H25FN2O6. The molecule has 3 aromatic rings. The van der Waals surface area contributed by atoms with Crippen LogP contribution in [0.2, 0.25) is 0 Å². The fourth-order valence-corrected chi connectivity index (χ4v) is 6.05.